The summed E-state index contributed by atoms with van der Waals surface area (Å²) in [5.74, 6) is 0.0664. The standard InChI is InChI=1S/C24H30N2O.C23H28N2O2/c1-5-15-26-16-14-19-17-21(11-12-22(19)26)25-23(27)13-8-18-6-9-20(10-7-18)24(2,3)4;1-23(2,3)19-8-4-17(5-9-19)6-11-22(27)24-20-10-7-18-12-13-25(14-15-26)21(18)16-20/h6-7,9-12,14,16-17H,5,8,13,15H2,1-4H3,(H,25,27);4-5,7-10,12-13,16,26H,6,11,14-15H2,1-3H3,(H,24,27). The van der Waals surface area contributed by atoms with Crippen LogP contribution in [0.2, 0.25) is 0 Å². The van der Waals surface area contributed by atoms with Gasteiger partial charge in [-0.25, -0.2) is 0 Å². The van der Waals surface area contributed by atoms with E-state index in [1.165, 1.54) is 33.2 Å². The number of hydrogen-bond donors (Lipinski definition) is 3. The highest BCUT2D eigenvalue weighted by Crippen LogP contribution is 2.25. The molecule has 2 heterocycles. The lowest BCUT2D eigenvalue weighted by atomic mass is 9.86. The number of hydrogen-bond acceptors (Lipinski definition) is 3. The Balaban J connectivity index is 0.000000208. The minimum Gasteiger partial charge on any atom is -0.395 e. The second kappa shape index (κ2) is 17.8. The summed E-state index contributed by atoms with van der Waals surface area (Å²) in [7, 11) is 0. The zero-order chi connectivity index (χ0) is 38.9. The fourth-order valence-corrected chi connectivity index (χ4v) is 6.58. The van der Waals surface area contributed by atoms with Gasteiger partial charge in [0.15, 0.2) is 0 Å². The molecular weight excluding hydrogens is 669 g/mol. The van der Waals surface area contributed by atoms with E-state index in [9.17, 15) is 9.59 Å². The van der Waals surface area contributed by atoms with Crippen molar-refractivity contribution >= 4 is 45.0 Å². The second-order valence-corrected chi connectivity index (χ2v) is 16.3. The molecule has 0 atom stereocenters. The smallest absolute Gasteiger partial charge is 0.224 e. The Hall–Kier alpha value is -5.14. The zero-order valence-electron chi connectivity index (χ0n) is 33.2. The number of carbonyl (C=O) groups excluding carboxylic acids is 2. The van der Waals surface area contributed by atoms with Crippen molar-refractivity contribution in [3.63, 3.8) is 0 Å². The number of nitrogens with zero attached hydrogens (tertiary/aromatic N) is 2. The molecule has 0 aliphatic heterocycles. The number of carbonyl (C=O) groups is 2. The summed E-state index contributed by atoms with van der Waals surface area (Å²) in [5.41, 5.74) is 9.17. The largest absolute Gasteiger partial charge is 0.395 e. The third-order valence-corrected chi connectivity index (χ3v) is 9.84. The highest BCUT2D eigenvalue weighted by atomic mass is 16.3. The van der Waals surface area contributed by atoms with Gasteiger partial charge in [-0.1, -0.05) is 103 Å². The number of benzene rings is 4. The van der Waals surface area contributed by atoms with Gasteiger partial charge in [0.2, 0.25) is 11.8 Å². The van der Waals surface area contributed by atoms with Crippen LogP contribution in [-0.4, -0.2) is 32.7 Å². The Labute approximate surface area is 321 Å². The third-order valence-electron chi connectivity index (χ3n) is 9.84. The fraction of sp³-hybridized carbons (Fsp3) is 0.362. The first-order chi connectivity index (χ1) is 25.7. The maximum absolute atomic E-state index is 12.3. The van der Waals surface area contributed by atoms with Crippen molar-refractivity contribution in [2.45, 2.75) is 104 Å². The third kappa shape index (κ3) is 11.0. The Morgan fingerprint density at radius 2 is 1.06 bits per heavy atom. The van der Waals surface area contributed by atoms with Gasteiger partial charge in [-0.2, -0.15) is 0 Å². The van der Waals surface area contributed by atoms with Crippen molar-refractivity contribution in [1.82, 2.24) is 9.13 Å². The first-order valence-electron chi connectivity index (χ1n) is 19.3. The lowest BCUT2D eigenvalue weighted by molar-refractivity contribution is -0.117. The van der Waals surface area contributed by atoms with E-state index in [-0.39, 0.29) is 29.3 Å². The first kappa shape index (κ1) is 40.1. The average Bonchev–Trinajstić information content (AvgIpc) is 3.73. The van der Waals surface area contributed by atoms with Gasteiger partial charge in [0, 0.05) is 60.6 Å². The fourth-order valence-electron chi connectivity index (χ4n) is 6.58. The summed E-state index contributed by atoms with van der Waals surface area (Å²) in [5, 5.41) is 17.4. The SMILES string of the molecule is CC(C)(C)c1ccc(CCC(=O)Nc2ccc3ccn(CCO)c3c2)cc1.CCCn1ccc2cc(NC(=O)CCc3ccc(C(C)(C)C)cc3)ccc21. The second-order valence-electron chi connectivity index (χ2n) is 16.3. The van der Waals surface area contributed by atoms with E-state index < -0.39 is 0 Å². The minimum atomic E-state index is 0.00881. The van der Waals surface area contributed by atoms with Gasteiger partial charge in [-0.05, 0) is 100 Å². The van der Waals surface area contributed by atoms with Gasteiger partial charge in [-0.3, -0.25) is 9.59 Å². The molecule has 0 saturated carbocycles. The van der Waals surface area contributed by atoms with Crippen LogP contribution in [0.3, 0.4) is 0 Å². The maximum atomic E-state index is 12.3. The van der Waals surface area contributed by atoms with Gasteiger partial charge in [-0.15, -0.1) is 0 Å². The van der Waals surface area contributed by atoms with Crippen molar-refractivity contribution in [3.8, 4) is 0 Å². The molecule has 0 aliphatic carbocycles. The molecule has 0 fully saturated rings. The number of aryl methyl sites for hydroxylation is 3. The number of rotatable bonds is 12. The van der Waals surface area contributed by atoms with Crippen LogP contribution in [-0.2, 0) is 46.4 Å². The molecule has 7 nitrogen and oxygen atoms in total. The van der Waals surface area contributed by atoms with Gasteiger partial charge >= 0.3 is 0 Å². The Morgan fingerprint density at radius 1 is 0.574 bits per heavy atom. The Morgan fingerprint density at radius 3 is 1.56 bits per heavy atom. The quantitative estimate of drug-likeness (QED) is 0.117. The van der Waals surface area contributed by atoms with Crippen molar-refractivity contribution in [2.75, 3.05) is 17.2 Å². The lowest BCUT2D eigenvalue weighted by Gasteiger charge is -2.19. The first-order valence-corrected chi connectivity index (χ1v) is 19.3. The molecule has 0 unspecified atom stereocenters. The Kier molecular flexibility index (Phi) is 13.2. The van der Waals surface area contributed by atoms with E-state index in [1.807, 2.05) is 41.1 Å². The monoisotopic (exact) mass is 726 g/mol. The minimum absolute atomic E-state index is 0.00881. The van der Waals surface area contributed by atoms with Crippen LogP contribution >= 0.6 is 0 Å². The van der Waals surface area contributed by atoms with Crippen LogP contribution in [0.4, 0.5) is 11.4 Å². The van der Waals surface area contributed by atoms with E-state index in [0.717, 1.165) is 48.1 Å². The van der Waals surface area contributed by atoms with E-state index in [1.54, 1.807) is 0 Å². The van der Waals surface area contributed by atoms with Gasteiger partial charge in [0.1, 0.15) is 0 Å². The average molecular weight is 727 g/mol. The Bertz CT molecular complexity index is 2140. The summed E-state index contributed by atoms with van der Waals surface area (Å²) in [6.07, 6.45) is 7.59. The predicted molar refractivity (Wildman–Crippen MR) is 225 cm³/mol. The highest BCUT2D eigenvalue weighted by Gasteiger charge is 2.15. The van der Waals surface area contributed by atoms with Crippen LogP contribution in [0.25, 0.3) is 21.8 Å². The molecule has 6 aromatic rings. The van der Waals surface area contributed by atoms with Crippen LogP contribution in [0, 0.1) is 0 Å². The molecule has 0 aliphatic rings. The van der Waals surface area contributed by atoms with Gasteiger partial charge in [0.25, 0.3) is 0 Å². The van der Waals surface area contributed by atoms with Crippen molar-refractivity contribution in [3.05, 3.63) is 132 Å². The zero-order valence-corrected chi connectivity index (χ0v) is 33.2. The van der Waals surface area contributed by atoms with E-state index in [0.29, 0.717) is 19.4 Å². The van der Waals surface area contributed by atoms with E-state index in [4.69, 9.17) is 5.11 Å². The van der Waals surface area contributed by atoms with Crippen LogP contribution in [0.5, 0.6) is 0 Å². The van der Waals surface area contributed by atoms with Gasteiger partial charge in [0.05, 0.1) is 12.1 Å². The van der Waals surface area contributed by atoms with E-state index in [2.05, 4.69) is 137 Å². The molecule has 54 heavy (non-hydrogen) atoms. The summed E-state index contributed by atoms with van der Waals surface area (Å²) in [6, 6.07) is 33.3. The van der Waals surface area contributed by atoms with Crippen molar-refractivity contribution in [1.29, 1.82) is 0 Å². The van der Waals surface area contributed by atoms with Crippen molar-refractivity contribution in [2.24, 2.45) is 0 Å². The normalized spacial score (nSPS) is 11.7. The van der Waals surface area contributed by atoms with Crippen LogP contribution in [0.1, 0.15) is 90.0 Å². The maximum Gasteiger partial charge on any atom is 0.224 e. The molecule has 6 rings (SSSR count). The molecule has 2 aromatic heterocycles. The molecule has 0 bridgehead atoms. The molecule has 4 aromatic carbocycles. The number of aliphatic hydroxyl groups is 1. The molecule has 3 N–H and O–H groups in total. The summed E-state index contributed by atoms with van der Waals surface area (Å²) in [4.78, 5) is 24.7. The number of anilines is 2. The molecule has 7 heteroatoms. The summed E-state index contributed by atoms with van der Waals surface area (Å²) in [6.45, 7) is 17.1. The van der Waals surface area contributed by atoms with Crippen LogP contribution < -0.4 is 10.6 Å². The highest BCUT2D eigenvalue weighted by molar-refractivity contribution is 5.95. The molecule has 0 saturated heterocycles. The molecular formula is C47H58N4O3. The molecule has 0 spiro atoms. The number of nitrogens with one attached hydrogen (secondary N) is 2. The molecule has 2 amide bonds. The number of aromatic nitrogens is 2. The molecule has 0 radical (unpaired) electrons. The topological polar surface area (TPSA) is 88.3 Å². The number of fused-ring (bicyclic) bond motifs is 2. The summed E-state index contributed by atoms with van der Waals surface area (Å²) < 4.78 is 4.24. The van der Waals surface area contributed by atoms with Gasteiger partial charge < -0.3 is 24.9 Å². The predicted octanol–water partition coefficient (Wildman–Crippen LogP) is 10.4. The van der Waals surface area contributed by atoms with Crippen molar-refractivity contribution < 1.29 is 14.7 Å². The lowest BCUT2D eigenvalue weighted by Crippen LogP contribution is -2.13. The van der Waals surface area contributed by atoms with Crippen LogP contribution in [0.15, 0.2) is 109 Å². The molecule has 284 valence electrons. The number of aliphatic hydroxyl groups excluding tert-OH is 1. The number of amides is 2. The summed E-state index contributed by atoms with van der Waals surface area (Å²) >= 11 is 0. The van der Waals surface area contributed by atoms with E-state index >= 15 is 0 Å².